The Morgan fingerprint density at radius 3 is 2.76 bits per heavy atom. The van der Waals surface area contributed by atoms with Crippen LogP contribution in [0.5, 0.6) is 0 Å². The molecule has 116 valence electrons. The molecule has 2 amide bonds. The van der Waals surface area contributed by atoms with Crippen LogP contribution < -0.4 is 15.5 Å². The van der Waals surface area contributed by atoms with Crippen LogP contribution in [0.1, 0.15) is 6.42 Å². The van der Waals surface area contributed by atoms with Gasteiger partial charge in [-0.2, -0.15) is 0 Å². The van der Waals surface area contributed by atoms with E-state index in [2.05, 4.69) is 10.6 Å². The van der Waals surface area contributed by atoms with Gasteiger partial charge in [-0.25, -0.2) is 0 Å². The fraction of sp³-hybridized carbons (Fsp3) is 0.429. The van der Waals surface area contributed by atoms with Gasteiger partial charge in [0.15, 0.2) is 0 Å². The van der Waals surface area contributed by atoms with E-state index in [0.717, 1.165) is 0 Å². The van der Waals surface area contributed by atoms with Crippen LogP contribution in [0.15, 0.2) is 24.3 Å². The Kier molecular flexibility index (Phi) is 6.95. The van der Waals surface area contributed by atoms with Crippen LogP contribution in [-0.2, 0) is 9.59 Å². The highest BCUT2D eigenvalue weighted by atomic mass is 35.5. The smallest absolute Gasteiger partial charge is 0.227 e. The topological polar surface area (TPSA) is 61.4 Å². The normalized spacial score (nSPS) is 17.5. The predicted octanol–water partition coefficient (Wildman–Crippen LogP) is 1.45. The number of nitrogens with one attached hydrogen (secondary N) is 2. The summed E-state index contributed by atoms with van der Waals surface area (Å²) in [6, 6.07) is 7.18. The lowest BCUT2D eigenvalue weighted by Crippen LogP contribution is -2.36. The Hall–Kier alpha value is -1.30. The molecule has 5 nitrogen and oxygen atoms in total. The van der Waals surface area contributed by atoms with Crippen LogP contribution in [-0.4, -0.2) is 38.5 Å². The van der Waals surface area contributed by atoms with Crippen molar-refractivity contribution < 1.29 is 9.59 Å². The van der Waals surface area contributed by atoms with Gasteiger partial charge < -0.3 is 15.5 Å². The number of carbonyl (C=O) groups excluding carboxylic acids is 2. The number of amides is 2. The molecular weight excluding hydrogens is 313 g/mol. The van der Waals surface area contributed by atoms with Gasteiger partial charge in [0, 0.05) is 26.1 Å². The Labute approximate surface area is 135 Å². The number of rotatable bonds is 5. The summed E-state index contributed by atoms with van der Waals surface area (Å²) in [5.41, 5.74) is 0.671. The van der Waals surface area contributed by atoms with Gasteiger partial charge in [0.05, 0.1) is 16.6 Å². The van der Waals surface area contributed by atoms with Crippen LogP contribution in [0.4, 0.5) is 5.69 Å². The third-order valence-electron chi connectivity index (χ3n) is 3.31. The lowest BCUT2D eigenvalue weighted by atomic mass is 10.1. The molecule has 1 heterocycles. The van der Waals surface area contributed by atoms with E-state index in [4.69, 9.17) is 11.6 Å². The quantitative estimate of drug-likeness (QED) is 0.803. The molecule has 1 fully saturated rings. The molecule has 0 aromatic heterocycles. The molecule has 0 saturated carbocycles. The van der Waals surface area contributed by atoms with Gasteiger partial charge in [0.1, 0.15) is 0 Å². The van der Waals surface area contributed by atoms with Crippen molar-refractivity contribution in [3.05, 3.63) is 29.3 Å². The summed E-state index contributed by atoms with van der Waals surface area (Å²) in [6.07, 6.45) is 0.233. The van der Waals surface area contributed by atoms with Gasteiger partial charge in [-0.3, -0.25) is 9.59 Å². The van der Waals surface area contributed by atoms with Crippen molar-refractivity contribution in [2.45, 2.75) is 6.42 Å². The third kappa shape index (κ3) is 4.33. The lowest BCUT2D eigenvalue weighted by molar-refractivity contribution is -0.126. The number of anilines is 1. The first-order valence-electron chi connectivity index (χ1n) is 6.60. The van der Waals surface area contributed by atoms with Crippen molar-refractivity contribution in [1.29, 1.82) is 0 Å². The van der Waals surface area contributed by atoms with Crippen molar-refractivity contribution in [2.24, 2.45) is 5.92 Å². The van der Waals surface area contributed by atoms with E-state index in [1.165, 1.54) is 0 Å². The summed E-state index contributed by atoms with van der Waals surface area (Å²) in [5.74, 6) is -0.453. The molecule has 1 aliphatic heterocycles. The monoisotopic (exact) mass is 331 g/mol. The molecule has 1 unspecified atom stereocenters. The summed E-state index contributed by atoms with van der Waals surface area (Å²) in [6.45, 7) is 1.65. The third-order valence-corrected chi connectivity index (χ3v) is 3.63. The number of nitrogens with zero attached hydrogens (tertiary/aromatic N) is 1. The van der Waals surface area contributed by atoms with Gasteiger partial charge in [-0.15, -0.1) is 12.4 Å². The van der Waals surface area contributed by atoms with Gasteiger partial charge in [0.2, 0.25) is 11.8 Å². The highest BCUT2D eigenvalue weighted by molar-refractivity contribution is 6.33. The molecule has 7 heteroatoms. The molecule has 1 aromatic rings. The minimum atomic E-state index is -0.310. The number of hydrogen-bond acceptors (Lipinski definition) is 3. The van der Waals surface area contributed by atoms with E-state index in [-0.39, 0.29) is 36.6 Å². The fourth-order valence-corrected chi connectivity index (χ4v) is 2.48. The summed E-state index contributed by atoms with van der Waals surface area (Å²) in [7, 11) is 1.82. The number of carbonyl (C=O) groups is 2. The Morgan fingerprint density at radius 2 is 2.10 bits per heavy atom. The van der Waals surface area contributed by atoms with E-state index in [1.54, 1.807) is 17.0 Å². The Morgan fingerprint density at radius 1 is 1.38 bits per heavy atom. The van der Waals surface area contributed by atoms with Gasteiger partial charge >= 0.3 is 0 Å². The lowest BCUT2D eigenvalue weighted by Gasteiger charge is -2.18. The van der Waals surface area contributed by atoms with Crippen molar-refractivity contribution in [1.82, 2.24) is 10.6 Å². The molecule has 1 aromatic carbocycles. The first-order chi connectivity index (χ1) is 9.63. The molecule has 0 aliphatic carbocycles. The second-order valence-electron chi connectivity index (χ2n) is 4.75. The predicted molar refractivity (Wildman–Crippen MR) is 86.1 cm³/mol. The average Bonchev–Trinajstić information content (AvgIpc) is 2.81. The SMILES string of the molecule is CNCCNC(=O)C1CC(=O)N(c2ccccc2Cl)C1.Cl. The Bertz CT molecular complexity index is 511. The summed E-state index contributed by atoms with van der Waals surface area (Å²) < 4.78 is 0. The maximum absolute atomic E-state index is 12.0. The maximum atomic E-state index is 12.0. The number of halogens is 2. The minimum Gasteiger partial charge on any atom is -0.355 e. The van der Waals surface area contributed by atoms with Crippen molar-refractivity contribution in [3.8, 4) is 0 Å². The summed E-state index contributed by atoms with van der Waals surface area (Å²) in [5, 5.41) is 6.30. The van der Waals surface area contributed by atoms with Crippen molar-refractivity contribution in [2.75, 3.05) is 31.6 Å². The summed E-state index contributed by atoms with van der Waals surface area (Å²) >= 11 is 6.10. The second kappa shape index (κ2) is 8.22. The van der Waals surface area contributed by atoms with Gasteiger partial charge in [-0.1, -0.05) is 23.7 Å². The highest BCUT2D eigenvalue weighted by Gasteiger charge is 2.35. The molecular formula is C14H19Cl2N3O2. The van der Waals surface area contributed by atoms with E-state index in [9.17, 15) is 9.59 Å². The zero-order chi connectivity index (χ0) is 14.5. The zero-order valence-electron chi connectivity index (χ0n) is 11.8. The maximum Gasteiger partial charge on any atom is 0.227 e. The molecule has 1 aliphatic rings. The molecule has 0 bridgehead atoms. The van der Waals surface area contributed by atoms with E-state index < -0.39 is 0 Å². The first-order valence-corrected chi connectivity index (χ1v) is 6.98. The van der Waals surface area contributed by atoms with Crippen LogP contribution in [0.25, 0.3) is 0 Å². The molecule has 0 radical (unpaired) electrons. The van der Waals surface area contributed by atoms with Crippen molar-refractivity contribution >= 4 is 41.5 Å². The Balaban J connectivity index is 0.00000220. The zero-order valence-corrected chi connectivity index (χ0v) is 13.3. The molecule has 2 rings (SSSR count). The van der Waals surface area contributed by atoms with Crippen molar-refractivity contribution in [3.63, 3.8) is 0 Å². The van der Waals surface area contributed by atoms with E-state index >= 15 is 0 Å². The van der Waals surface area contributed by atoms with Gasteiger partial charge in [-0.05, 0) is 19.2 Å². The number of para-hydroxylation sites is 1. The largest absolute Gasteiger partial charge is 0.355 e. The highest BCUT2D eigenvalue weighted by Crippen LogP contribution is 2.30. The number of likely N-dealkylation sites (N-methyl/N-ethyl adjacent to an activating group) is 1. The minimum absolute atomic E-state index is 0. The van der Waals surface area contributed by atoms with Gasteiger partial charge in [0.25, 0.3) is 0 Å². The van der Waals surface area contributed by atoms with E-state index in [0.29, 0.717) is 30.3 Å². The summed E-state index contributed by atoms with van der Waals surface area (Å²) in [4.78, 5) is 25.6. The van der Waals surface area contributed by atoms with E-state index in [1.807, 2.05) is 19.2 Å². The molecule has 0 spiro atoms. The molecule has 1 saturated heterocycles. The molecule has 2 N–H and O–H groups in total. The molecule has 21 heavy (non-hydrogen) atoms. The fourth-order valence-electron chi connectivity index (χ4n) is 2.24. The number of benzene rings is 1. The van der Waals surface area contributed by atoms with Crippen LogP contribution >= 0.6 is 24.0 Å². The second-order valence-corrected chi connectivity index (χ2v) is 5.16. The number of hydrogen-bond donors (Lipinski definition) is 2. The van der Waals surface area contributed by atoms with Crippen LogP contribution in [0.2, 0.25) is 5.02 Å². The van der Waals surface area contributed by atoms with Crippen LogP contribution in [0, 0.1) is 5.92 Å². The average molecular weight is 332 g/mol. The van der Waals surface area contributed by atoms with Crippen LogP contribution in [0.3, 0.4) is 0 Å². The first kappa shape index (κ1) is 17.8. The standard InChI is InChI=1S/C14H18ClN3O2.ClH/c1-16-6-7-17-14(20)10-8-13(19)18(9-10)12-5-3-2-4-11(12)15;/h2-5,10,16H,6-9H2,1H3,(H,17,20);1H. The molecule has 1 atom stereocenters.